The minimum atomic E-state index is -3.63. The van der Waals surface area contributed by atoms with Crippen LogP contribution in [0.2, 0.25) is 0 Å². The van der Waals surface area contributed by atoms with E-state index in [-0.39, 0.29) is 22.3 Å². The number of morpholine rings is 1. The van der Waals surface area contributed by atoms with Gasteiger partial charge in [0.05, 0.1) is 18.8 Å². The van der Waals surface area contributed by atoms with Crippen molar-refractivity contribution in [2.24, 2.45) is 0 Å². The van der Waals surface area contributed by atoms with Crippen LogP contribution in [-0.4, -0.2) is 44.5 Å². The zero-order chi connectivity index (χ0) is 18.0. The molecule has 1 aliphatic rings. The van der Waals surface area contributed by atoms with Crippen LogP contribution in [0.5, 0.6) is 0 Å². The zero-order valence-corrected chi connectivity index (χ0v) is 15.6. The molecule has 1 aromatic heterocycles. The monoisotopic (exact) mass is 380 g/mol. The molecule has 2 unspecified atom stereocenters. The van der Waals surface area contributed by atoms with E-state index in [9.17, 15) is 13.2 Å². The molecule has 6 nitrogen and oxygen atoms in total. The van der Waals surface area contributed by atoms with Gasteiger partial charge < -0.3 is 9.64 Å². The summed E-state index contributed by atoms with van der Waals surface area (Å²) in [5.74, 6) is -0.125. The Labute approximate surface area is 151 Å². The number of hydrogen-bond acceptors (Lipinski definition) is 5. The molecule has 2 aromatic rings. The molecule has 0 radical (unpaired) electrons. The molecule has 134 valence electrons. The Kier molecular flexibility index (Phi) is 5.12. The molecule has 25 heavy (non-hydrogen) atoms. The van der Waals surface area contributed by atoms with Gasteiger partial charge in [0.2, 0.25) is 0 Å². The summed E-state index contributed by atoms with van der Waals surface area (Å²) in [6, 6.07) is 9.77. The van der Waals surface area contributed by atoms with Crippen LogP contribution in [0.15, 0.2) is 46.0 Å². The molecule has 1 fully saturated rings. The van der Waals surface area contributed by atoms with E-state index in [0.717, 1.165) is 11.3 Å². The molecule has 8 heteroatoms. The second-order valence-corrected chi connectivity index (χ2v) is 8.93. The Balaban J connectivity index is 1.81. The molecular formula is C17H20N2O4S2. The van der Waals surface area contributed by atoms with Crippen LogP contribution in [-0.2, 0) is 14.8 Å². The van der Waals surface area contributed by atoms with E-state index in [1.165, 1.54) is 0 Å². The van der Waals surface area contributed by atoms with Crippen molar-refractivity contribution < 1.29 is 17.9 Å². The molecule has 1 N–H and O–H groups in total. The first-order valence-electron chi connectivity index (χ1n) is 7.96. The van der Waals surface area contributed by atoms with Crippen molar-refractivity contribution in [3.63, 3.8) is 0 Å². The molecule has 2 atom stereocenters. The first-order valence-corrected chi connectivity index (χ1v) is 10.3. The van der Waals surface area contributed by atoms with Gasteiger partial charge in [-0.25, -0.2) is 8.42 Å². The number of benzene rings is 1. The quantitative estimate of drug-likeness (QED) is 0.885. The lowest BCUT2D eigenvalue weighted by molar-refractivity contribution is -0.0387. The number of carbonyl (C=O) groups is 1. The number of hydrogen-bond donors (Lipinski definition) is 1. The van der Waals surface area contributed by atoms with Crippen molar-refractivity contribution in [3.8, 4) is 0 Å². The van der Waals surface area contributed by atoms with E-state index in [2.05, 4.69) is 4.72 Å². The number of ether oxygens (including phenoxy) is 1. The van der Waals surface area contributed by atoms with E-state index in [1.54, 1.807) is 46.7 Å². The summed E-state index contributed by atoms with van der Waals surface area (Å²) in [7, 11) is -3.63. The molecule has 1 saturated heterocycles. The van der Waals surface area contributed by atoms with Crippen LogP contribution in [0.25, 0.3) is 0 Å². The highest BCUT2D eigenvalue weighted by Crippen LogP contribution is 2.22. The number of rotatable bonds is 4. The van der Waals surface area contributed by atoms with Gasteiger partial charge in [0.25, 0.3) is 15.9 Å². The SMILES string of the molecule is CC1CN(C(=O)c2cccc(NS(=O)(=O)c3cccs3)c2)C(C)CO1. The van der Waals surface area contributed by atoms with E-state index in [4.69, 9.17) is 4.74 Å². The van der Waals surface area contributed by atoms with Crippen LogP contribution < -0.4 is 4.72 Å². The van der Waals surface area contributed by atoms with Crippen LogP contribution in [0.1, 0.15) is 24.2 Å². The van der Waals surface area contributed by atoms with Gasteiger partial charge in [0, 0.05) is 17.8 Å². The van der Waals surface area contributed by atoms with E-state index < -0.39 is 10.0 Å². The maximum atomic E-state index is 12.8. The molecule has 0 spiro atoms. The summed E-state index contributed by atoms with van der Waals surface area (Å²) in [5.41, 5.74) is 0.820. The minimum absolute atomic E-state index is 0.0133. The molecule has 1 amide bonds. The van der Waals surface area contributed by atoms with Crippen molar-refractivity contribution in [1.29, 1.82) is 0 Å². The molecule has 3 rings (SSSR count). The highest BCUT2D eigenvalue weighted by molar-refractivity contribution is 7.94. The maximum absolute atomic E-state index is 12.8. The smallest absolute Gasteiger partial charge is 0.271 e. The molecule has 1 aromatic carbocycles. The zero-order valence-electron chi connectivity index (χ0n) is 14.0. The Bertz CT molecular complexity index is 849. The summed E-state index contributed by atoms with van der Waals surface area (Å²) in [4.78, 5) is 14.6. The third-order valence-electron chi connectivity index (χ3n) is 3.99. The minimum Gasteiger partial charge on any atom is -0.375 e. The highest BCUT2D eigenvalue weighted by Gasteiger charge is 2.28. The van der Waals surface area contributed by atoms with E-state index in [1.807, 2.05) is 13.8 Å². The van der Waals surface area contributed by atoms with Gasteiger partial charge in [-0.3, -0.25) is 9.52 Å². The van der Waals surface area contributed by atoms with Gasteiger partial charge in [0.15, 0.2) is 0 Å². The number of nitrogens with one attached hydrogen (secondary N) is 1. The first kappa shape index (κ1) is 17.9. The lowest BCUT2D eigenvalue weighted by Crippen LogP contribution is -2.50. The van der Waals surface area contributed by atoms with Gasteiger partial charge in [-0.1, -0.05) is 12.1 Å². The van der Waals surface area contributed by atoms with Crippen LogP contribution >= 0.6 is 11.3 Å². The van der Waals surface area contributed by atoms with Crippen molar-refractivity contribution in [2.45, 2.75) is 30.2 Å². The third kappa shape index (κ3) is 4.02. The lowest BCUT2D eigenvalue weighted by atomic mass is 10.1. The van der Waals surface area contributed by atoms with Crippen LogP contribution in [0, 0.1) is 0 Å². The van der Waals surface area contributed by atoms with E-state index >= 15 is 0 Å². The van der Waals surface area contributed by atoms with Crippen molar-refractivity contribution in [1.82, 2.24) is 4.90 Å². The standard InChI is InChI=1S/C17H20N2O4S2/c1-12-11-23-13(2)10-19(12)17(20)14-5-3-6-15(9-14)18-25(21,22)16-7-4-8-24-16/h3-9,12-13,18H,10-11H2,1-2H3. The first-order chi connectivity index (χ1) is 11.9. The summed E-state index contributed by atoms with van der Waals surface area (Å²) < 4.78 is 33.0. The lowest BCUT2D eigenvalue weighted by Gasteiger charge is -2.36. The van der Waals surface area contributed by atoms with Crippen molar-refractivity contribution in [3.05, 3.63) is 47.3 Å². The predicted molar refractivity (Wildman–Crippen MR) is 97.5 cm³/mol. The van der Waals surface area contributed by atoms with Gasteiger partial charge in [-0.15, -0.1) is 11.3 Å². The van der Waals surface area contributed by atoms with Gasteiger partial charge in [-0.05, 0) is 43.5 Å². The number of sulfonamides is 1. The number of carbonyl (C=O) groups excluding carboxylic acids is 1. The van der Waals surface area contributed by atoms with Gasteiger partial charge >= 0.3 is 0 Å². The van der Waals surface area contributed by atoms with Crippen LogP contribution in [0.3, 0.4) is 0 Å². The fraction of sp³-hybridized carbons (Fsp3) is 0.353. The topological polar surface area (TPSA) is 75.7 Å². The fourth-order valence-corrected chi connectivity index (χ4v) is 4.73. The highest BCUT2D eigenvalue weighted by atomic mass is 32.2. The van der Waals surface area contributed by atoms with Gasteiger partial charge in [-0.2, -0.15) is 0 Å². The third-order valence-corrected chi connectivity index (χ3v) is 6.77. The Morgan fingerprint density at radius 2 is 2.08 bits per heavy atom. The van der Waals surface area contributed by atoms with Crippen molar-refractivity contribution >= 4 is 33.0 Å². The molecule has 0 bridgehead atoms. The van der Waals surface area contributed by atoms with Gasteiger partial charge in [0.1, 0.15) is 4.21 Å². The maximum Gasteiger partial charge on any atom is 0.271 e. The average molecular weight is 380 g/mol. The Morgan fingerprint density at radius 1 is 1.28 bits per heavy atom. The number of anilines is 1. The molecule has 0 aliphatic carbocycles. The summed E-state index contributed by atoms with van der Waals surface area (Å²) in [6.07, 6.45) is -0.0133. The number of thiophene rings is 1. The Hall–Kier alpha value is -1.90. The number of amides is 1. The molecule has 0 saturated carbocycles. The van der Waals surface area contributed by atoms with Crippen molar-refractivity contribution in [2.75, 3.05) is 17.9 Å². The fourth-order valence-electron chi connectivity index (χ4n) is 2.69. The number of nitrogens with zero attached hydrogens (tertiary/aromatic N) is 1. The molecular weight excluding hydrogens is 360 g/mol. The summed E-state index contributed by atoms with van der Waals surface area (Å²) in [5, 5.41) is 1.70. The molecule has 2 heterocycles. The van der Waals surface area contributed by atoms with Crippen LogP contribution in [0.4, 0.5) is 5.69 Å². The summed E-state index contributed by atoms with van der Waals surface area (Å²) >= 11 is 1.14. The average Bonchev–Trinajstić information content (AvgIpc) is 3.12. The Morgan fingerprint density at radius 3 is 2.80 bits per heavy atom. The second kappa shape index (κ2) is 7.15. The second-order valence-electron chi connectivity index (χ2n) is 6.07. The van der Waals surface area contributed by atoms with E-state index in [0.29, 0.717) is 24.4 Å². The molecule has 1 aliphatic heterocycles. The largest absolute Gasteiger partial charge is 0.375 e. The predicted octanol–water partition coefficient (Wildman–Crippen LogP) is 2.80. The normalized spacial score (nSPS) is 21.1. The summed E-state index contributed by atoms with van der Waals surface area (Å²) in [6.45, 7) is 4.88.